The lowest BCUT2D eigenvalue weighted by Crippen LogP contribution is -2.45. The van der Waals surface area contributed by atoms with Crippen LogP contribution in [0.4, 0.5) is 0 Å². The Morgan fingerprint density at radius 2 is 0.826 bits per heavy atom. The van der Waals surface area contributed by atoms with Crippen LogP contribution in [0, 0.1) is 32.8 Å². The third-order valence-electron chi connectivity index (χ3n) is 11.3. The molecule has 2 heteroatoms. The Bertz CT molecular complexity index is 2140. The number of halogens is 2. The van der Waals surface area contributed by atoms with Crippen LogP contribution < -0.4 is 0 Å². The molecule has 46 heavy (non-hydrogen) atoms. The summed E-state index contributed by atoms with van der Waals surface area (Å²) < 4.78 is 2.60. The molecule has 0 spiro atoms. The molecule has 0 N–H and O–H groups in total. The molecule has 0 aliphatic heterocycles. The zero-order chi connectivity index (χ0) is 30.9. The predicted molar refractivity (Wildman–Crippen MR) is 203 cm³/mol. The lowest BCUT2D eigenvalue weighted by molar-refractivity contribution is 0.641. The van der Waals surface area contributed by atoms with E-state index >= 15 is 0 Å². The van der Waals surface area contributed by atoms with Crippen molar-refractivity contribution in [3.05, 3.63) is 206 Å². The van der Waals surface area contributed by atoms with Gasteiger partial charge in [0.25, 0.3) is 0 Å². The molecule has 218 valence electrons. The summed E-state index contributed by atoms with van der Waals surface area (Å²) in [5, 5.41) is 0. The summed E-state index contributed by atoms with van der Waals surface area (Å²) in [6, 6.07) is 45.7. The van der Waals surface area contributed by atoms with E-state index in [1.165, 1.54) is 85.0 Å². The van der Waals surface area contributed by atoms with Crippen LogP contribution in [0.3, 0.4) is 0 Å². The average molecular weight is 811 g/mol. The monoisotopic (exact) mass is 810 g/mol. The second-order valence-corrected chi connectivity index (χ2v) is 15.6. The van der Waals surface area contributed by atoms with Gasteiger partial charge in [0.15, 0.2) is 0 Å². The van der Waals surface area contributed by atoms with Gasteiger partial charge in [-0.05, 0) is 149 Å². The van der Waals surface area contributed by atoms with Gasteiger partial charge in [0.2, 0.25) is 0 Å². The number of aryl methyl sites for hydroxylation is 2. The first kappa shape index (κ1) is 27.5. The van der Waals surface area contributed by atoms with Crippen molar-refractivity contribution >= 4 is 45.2 Å². The first-order valence-electron chi connectivity index (χ1n) is 16.0. The molecular weight excluding hydrogens is 782 g/mol. The van der Waals surface area contributed by atoms with Crippen LogP contribution in [0.25, 0.3) is 0 Å². The Labute approximate surface area is 297 Å². The Kier molecular flexibility index (Phi) is 5.64. The summed E-state index contributed by atoms with van der Waals surface area (Å²) in [5.74, 6) is 8.95. The molecule has 12 rings (SSSR count). The predicted octanol–water partition coefficient (Wildman–Crippen LogP) is 10.5. The van der Waals surface area contributed by atoms with Gasteiger partial charge in [-0.25, -0.2) is 0 Å². The quantitative estimate of drug-likeness (QED) is 0.106. The molecule has 0 saturated heterocycles. The largest absolute Gasteiger partial charge is 0.108 e. The van der Waals surface area contributed by atoms with Crippen molar-refractivity contribution in [1.29, 1.82) is 0 Å². The molecule has 6 aromatic rings. The SMILES string of the molecule is Cc1ccc(C)c2c1C1c3ccccc3C2(C#CC23c4ccccc4C(c4ccccc42)c2c(I)ccc(I)c23)c2ccccc21. The van der Waals surface area contributed by atoms with E-state index in [0.29, 0.717) is 0 Å². The lowest BCUT2D eigenvalue weighted by Gasteiger charge is -2.51. The fourth-order valence-corrected chi connectivity index (χ4v) is 11.3. The first-order chi connectivity index (χ1) is 22.5. The van der Waals surface area contributed by atoms with Crippen molar-refractivity contribution in [1.82, 2.24) is 0 Å². The molecule has 6 aliphatic rings. The number of hydrogen-bond donors (Lipinski definition) is 0. The van der Waals surface area contributed by atoms with Crippen LogP contribution >= 0.6 is 45.2 Å². The Morgan fingerprint density at radius 1 is 0.435 bits per heavy atom. The molecule has 6 aromatic carbocycles. The second-order valence-electron chi connectivity index (χ2n) is 13.3. The van der Waals surface area contributed by atoms with Crippen molar-refractivity contribution in [2.45, 2.75) is 36.5 Å². The van der Waals surface area contributed by atoms with Crippen molar-refractivity contribution in [2.24, 2.45) is 0 Å². The van der Waals surface area contributed by atoms with Crippen LogP contribution in [-0.4, -0.2) is 0 Å². The van der Waals surface area contributed by atoms with E-state index < -0.39 is 10.8 Å². The molecule has 0 amide bonds. The summed E-state index contributed by atoms with van der Waals surface area (Å²) in [7, 11) is 0. The van der Waals surface area contributed by atoms with Gasteiger partial charge in [0.1, 0.15) is 10.8 Å². The minimum atomic E-state index is -0.597. The zero-order valence-corrected chi connectivity index (χ0v) is 29.8. The average Bonchev–Trinajstić information content (AvgIpc) is 3.10. The van der Waals surface area contributed by atoms with E-state index in [-0.39, 0.29) is 11.8 Å². The molecule has 0 atom stereocenters. The summed E-state index contributed by atoms with van der Waals surface area (Å²) >= 11 is 5.15. The highest BCUT2D eigenvalue weighted by atomic mass is 127. The van der Waals surface area contributed by atoms with Gasteiger partial charge in [-0.1, -0.05) is 121 Å². The van der Waals surface area contributed by atoms with E-state index in [9.17, 15) is 0 Å². The van der Waals surface area contributed by atoms with Gasteiger partial charge < -0.3 is 0 Å². The third kappa shape index (κ3) is 3.13. The Morgan fingerprint density at radius 3 is 1.33 bits per heavy atom. The van der Waals surface area contributed by atoms with Crippen LogP contribution in [0.2, 0.25) is 0 Å². The van der Waals surface area contributed by atoms with E-state index in [1.54, 1.807) is 0 Å². The number of hydrogen-bond acceptors (Lipinski definition) is 0. The molecule has 0 radical (unpaired) electrons. The van der Waals surface area contributed by atoms with Gasteiger partial charge in [0, 0.05) is 19.0 Å². The first-order valence-corrected chi connectivity index (χ1v) is 18.1. The third-order valence-corrected chi connectivity index (χ3v) is 13.1. The summed E-state index contributed by atoms with van der Waals surface area (Å²) in [6.07, 6.45) is 0. The molecule has 0 aromatic heterocycles. The van der Waals surface area contributed by atoms with Crippen LogP contribution in [0.1, 0.15) is 89.7 Å². The lowest BCUT2D eigenvalue weighted by atomic mass is 9.50. The maximum absolute atomic E-state index is 4.26. The Hall–Kier alpha value is -3.66. The molecule has 0 nitrogen and oxygen atoms in total. The summed E-state index contributed by atoms with van der Waals surface area (Å²) in [6.45, 7) is 4.59. The van der Waals surface area contributed by atoms with Crippen LogP contribution in [-0.2, 0) is 10.8 Å². The second kappa shape index (κ2) is 9.46. The van der Waals surface area contributed by atoms with Gasteiger partial charge in [-0.2, -0.15) is 0 Å². The number of benzene rings is 6. The standard InChI is InChI=1S/C44H28I2/c1-25-19-20-26(2)41-37(25)38-27-11-3-7-15-31(27)43(41,32-16-8-4-12-28(32)38)23-24-44-33-17-9-5-13-29(33)39(30-14-6-10-18-34(30)44)40-35(45)21-22-36(46)42(40)44/h3-22,38-39H,1-2H3. The fraction of sp³-hybridized carbons (Fsp3) is 0.136. The van der Waals surface area contributed by atoms with Crippen molar-refractivity contribution in [3.63, 3.8) is 0 Å². The highest BCUT2D eigenvalue weighted by molar-refractivity contribution is 14.1. The molecule has 0 fully saturated rings. The van der Waals surface area contributed by atoms with Crippen LogP contribution in [0.5, 0.6) is 0 Å². The highest BCUT2D eigenvalue weighted by Gasteiger charge is 2.55. The van der Waals surface area contributed by atoms with Gasteiger partial charge >= 0.3 is 0 Å². The molecule has 0 saturated carbocycles. The maximum Gasteiger partial charge on any atom is 0.108 e. The van der Waals surface area contributed by atoms with E-state index in [2.05, 4.69) is 192 Å². The van der Waals surface area contributed by atoms with E-state index in [0.717, 1.165) is 0 Å². The van der Waals surface area contributed by atoms with Gasteiger partial charge in [0.05, 0.1) is 0 Å². The molecular formula is C44H28I2. The summed E-state index contributed by atoms with van der Waals surface area (Å²) in [4.78, 5) is 0. The highest BCUT2D eigenvalue weighted by Crippen LogP contribution is 2.63. The van der Waals surface area contributed by atoms with Crippen molar-refractivity contribution < 1.29 is 0 Å². The fourth-order valence-electron chi connectivity index (χ4n) is 9.66. The number of rotatable bonds is 0. The molecule has 0 unspecified atom stereocenters. The summed E-state index contributed by atoms with van der Waals surface area (Å²) in [5.41, 5.74) is 18.0. The van der Waals surface area contributed by atoms with E-state index in [1.807, 2.05) is 0 Å². The van der Waals surface area contributed by atoms with Crippen molar-refractivity contribution in [2.75, 3.05) is 0 Å². The minimum Gasteiger partial charge on any atom is -0.0802 e. The smallest absolute Gasteiger partial charge is 0.0802 e. The molecule has 6 aliphatic carbocycles. The van der Waals surface area contributed by atoms with Gasteiger partial charge in [-0.15, -0.1) is 0 Å². The molecule has 0 heterocycles. The normalized spacial score (nSPS) is 23.2. The van der Waals surface area contributed by atoms with Crippen LogP contribution in [0.15, 0.2) is 121 Å². The van der Waals surface area contributed by atoms with Crippen molar-refractivity contribution in [3.8, 4) is 11.8 Å². The van der Waals surface area contributed by atoms with E-state index in [4.69, 9.17) is 0 Å². The minimum absolute atomic E-state index is 0.211. The maximum atomic E-state index is 4.26. The molecule has 4 bridgehead atoms. The zero-order valence-electron chi connectivity index (χ0n) is 25.5. The topological polar surface area (TPSA) is 0 Å². The van der Waals surface area contributed by atoms with Gasteiger partial charge in [-0.3, -0.25) is 0 Å². The Balaban J connectivity index is 1.41.